The van der Waals surface area contributed by atoms with Crippen molar-refractivity contribution in [1.82, 2.24) is 5.32 Å². The quantitative estimate of drug-likeness (QED) is 0.814. The van der Waals surface area contributed by atoms with Gasteiger partial charge in [-0.2, -0.15) is 0 Å². The summed E-state index contributed by atoms with van der Waals surface area (Å²) in [5, 5.41) is 5.88. The van der Waals surface area contributed by atoms with Crippen LogP contribution in [0.15, 0.2) is 36.4 Å². The van der Waals surface area contributed by atoms with Gasteiger partial charge in [-0.25, -0.2) is 0 Å². The van der Waals surface area contributed by atoms with Gasteiger partial charge in [0, 0.05) is 30.3 Å². The molecule has 2 aliphatic rings. The zero-order valence-corrected chi connectivity index (χ0v) is 16.7. The van der Waals surface area contributed by atoms with Gasteiger partial charge in [0.1, 0.15) is 17.5 Å². The molecular weight excluding hydrogens is 370 g/mol. The van der Waals surface area contributed by atoms with Gasteiger partial charge in [0.15, 0.2) is 0 Å². The number of benzene rings is 2. The van der Waals surface area contributed by atoms with Crippen LogP contribution in [0, 0.1) is 0 Å². The Balaban J connectivity index is 1.49. The van der Waals surface area contributed by atoms with Crippen LogP contribution in [-0.2, 0) is 11.3 Å². The summed E-state index contributed by atoms with van der Waals surface area (Å²) in [7, 11) is 3.18. The predicted octanol–water partition coefficient (Wildman–Crippen LogP) is 2.94. The molecule has 2 aromatic rings. The van der Waals surface area contributed by atoms with Crippen LogP contribution >= 0.6 is 0 Å². The minimum absolute atomic E-state index is 0.0118. The number of piperidine rings is 1. The van der Waals surface area contributed by atoms with Crippen molar-refractivity contribution in [1.29, 1.82) is 0 Å². The molecule has 1 atom stereocenters. The second-order valence-corrected chi connectivity index (χ2v) is 7.29. The van der Waals surface area contributed by atoms with Gasteiger partial charge < -0.3 is 25.0 Å². The number of amides is 2. The largest absolute Gasteiger partial charge is 0.497 e. The SMILES string of the molecule is COc1ccc(CNC(=O)c2ccc3c(c2)NC(=O)[C@H]2CCCCN32)c(OC)c1. The summed E-state index contributed by atoms with van der Waals surface area (Å²) in [5.41, 5.74) is 3.04. The molecule has 2 heterocycles. The van der Waals surface area contributed by atoms with E-state index >= 15 is 0 Å². The van der Waals surface area contributed by atoms with Crippen molar-refractivity contribution < 1.29 is 19.1 Å². The molecule has 0 bridgehead atoms. The second-order valence-electron chi connectivity index (χ2n) is 7.29. The Labute approximate surface area is 170 Å². The number of fused-ring (bicyclic) bond motifs is 3. The van der Waals surface area contributed by atoms with E-state index < -0.39 is 0 Å². The molecule has 0 saturated carbocycles. The van der Waals surface area contributed by atoms with Crippen LogP contribution in [0.1, 0.15) is 35.2 Å². The molecular formula is C22H25N3O4. The highest BCUT2D eigenvalue weighted by Crippen LogP contribution is 2.36. The van der Waals surface area contributed by atoms with Crippen LogP contribution in [0.3, 0.4) is 0 Å². The highest BCUT2D eigenvalue weighted by Gasteiger charge is 2.34. The third-order valence-corrected chi connectivity index (χ3v) is 5.57. The number of methoxy groups -OCH3 is 2. The Kier molecular flexibility index (Phi) is 5.29. The Morgan fingerprint density at radius 2 is 2.03 bits per heavy atom. The molecule has 2 aromatic carbocycles. The Morgan fingerprint density at radius 1 is 1.17 bits per heavy atom. The van der Waals surface area contributed by atoms with E-state index in [-0.39, 0.29) is 17.9 Å². The average Bonchev–Trinajstić information content (AvgIpc) is 2.77. The fraction of sp³-hybridized carbons (Fsp3) is 0.364. The number of rotatable bonds is 5. The van der Waals surface area contributed by atoms with Gasteiger partial charge in [0.25, 0.3) is 5.91 Å². The maximum Gasteiger partial charge on any atom is 0.251 e. The average molecular weight is 395 g/mol. The Morgan fingerprint density at radius 3 is 2.83 bits per heavy atom. The standard InChI is InChI=1S/C22H25N3O4/c1-28-16-8-6-15(20(12-16)29-2)13-23-21(26)14-7-9-18-17(11-14)24-22(27)19-5-3-4-10-25(18)19/h6-9,11-12,19H,3-5,10,13H2,1-2H3,(H,23,26)(H,24,27)/t19-/m1/s1. The molecule has 0 aliphatic carbocycles. The van der Waals surface area contributed by atoms with E-state index in [9.17, 15) is 9.59 Å². The third kappa shape index (κ3) is 3.72. The van der Waals surface area contributed by atoms with E-state index in [0.717, 1.165) is 37.1 Å². The molecule has 0 spiro atoms. The van der Waals surface area contributed by atoms with Crippen LogP contribution in [0.25, 0.3) is 0 Å². The van der Waals surface area contributed by atoms with E-state index in [1.54, 1.807) is 26.4 Å². The first-order valence-corrected chi connectivity index (χ1v) is 9.81. The summed E-state index contributed by atoms with van der Waals surface area (Å²) in [5.74, 6) is 1.15. The lowest BCUT2D eigenvalue weighted by Crippen LogP contribution is -2.50. The first kappa shape index (κ1) is 19.1. The van der Waals surface area contributed by atoms with E-state index in [2.05, 4.69) is 15.5 Å². The van der Waals surface area contributed by atoms with E-state index in [4.69, 9.17) is 9.47 Å². The zero-order chi connectivity index (χ0) is 20.4. The summed E-state index contributed by atoms with van der Waals surface area (Å²) in [6.07, 6.45) is 3.02. The molecule has 2 aliphatic heterocycles. The molecule has 7 nitrogen and oxygen atoms in total. The topological polar surface area (TPSA) is 79.9 Å². The van der Waals surface area contributed by atoms with Crippen LogP contribution in [-0.4, -0.2) is 38.6 Å². The summed E-state index contributed by atoms with van der Waals surface area (Å²) in [6, 6.07) is 10.9. The van der Waals surface area contributed by atoms with Crippen LogP contribution < -0.4 is 25.0 Å². The number of nitrogens with one attached hydrogen (secondary N) is 2. The number of carbonyl (C=O) groups is 2. The molecule has 1 fully saturated rings. The van der Waals surface area contributed by atoms with Gasteiger partial charge in [0.2, 0.25) is 5.91 Å². The molecule has 0 aromatic heterocycles. The molecule has 4 rings (SSSR count). The number of hydrogen-bond acceptors (Lipinski definition) is 5. The van der Waals surface area contributed by atoms with E-state index in [1.807, 2.05) is 24.3 Å². The normalized spacial score (nSPS) is 17.7. The van der Waals surface area contributed by atoms with Gasteiger partial charge >= 0.3 is 0 Å². The molecule has 2 amide bonds. The van der Waals surface area contributed by atoms with Crippen molar-refractivity contribution >= 4 is 23.2 Å². The van der Waals surface area contributed by atoms with Gasteiger partial charge in [0.05, 0.1) is 25.6 Å². The van der Waals surface area contributed by atoms with Crippen molar-refractivity contribution in [3.8, 4) is 11.5 Å². The van der Waals surface area contributed by atoms with E-state index in [1.165, 1.54) is 0 Å². The van der Waals surface area contributed by atoms with Gasteiger partial charge in [-0.1, -0.05) is 0 Å². The number of nitrogens with zero attached hydrogens (tertiary/aromatic N) is 1. The number of anilines is 2. The minimum atomic E-state index is -0.208. The lowest BCUT2D eigenvalue weighted by Gasteiger charge is -2.41. The molecule has 0 radical (unpaired) electrons. The highest BCUT2D eigenvalue weighted by molar-refractivity contribution is 6.05. The summed E-state index contributed by atoms with van der Waals surface area (Å²) in [4.78, 5) is 27.3. The highest BCUT2D eigenvalue weighted by atomic mass is 16.5. The molecule has 2 N–H and O–H groups in total. The summed E-state index contributed by atoms with van der Waals surface area (Å²) < 4.78 is 10.6. The maximum atomic E-state index is 12.7. The molecule has 1 saturated heterocycles. The lowest BCUT2D eigenvalue weighted by molar-refractivity contribution is -0.118. The van der Waals surface area contributed by atoms with Crippen molar-refractivity contribution in [2.24, 2.45) is 0 Å². The molecule has 0 unspecified atom stereocenters. The third-order valence-electron chi connectivity index (χ3n) is 5.57. The van der Waals surface area contributed by atoms with Crippen molar-refractivity contribution in [2.45, 2.75) is 31.8 Å². The van der Waals surface area contributed by atoms with E-state index in [0.29, 0.717) is 29.3 Å². The number of ether oxygens (including phenoxy) is 2. The Bertz CT molecular complexity index is 944. The number of hydrogen-bond donors (Lipinski definition) is 2. The van der Waals surface area contributed by atoms with Crippen molar-refractivity contribution in [3.05, 3.63) is 47.5 Å². The molecule has 7 heteroatoms. The van der Waals surface area contributed by atoms with Crippen LogP contribution in [0.5, 0.6) is 11.5 Å². The van der Waals surface area contributed by atoms with Gasteiger partial charge in [-0.15, -0.1) is 0 Å². The molecule has 152 valence electrons. The van der Waals surface area contributed by atoms with Gasteiger partial charge in [-0.05, 0) is 49.6 Å². The second kappa shape index (κ2) is 8.03. The van der Waals surface area contributed by atoms with Crippen LogP contribution in [0.4, 0.5) is 11.4 Å². The van der Waals surface area contributed by atoms with Crippen molar-refractivity contribution in [3.63, 3.8) is 0 Å². The van der Waals surface area contributed by atoms with Crippen molar-refractivity contribution in [2.75, 3.05) is 31.0 Å². The fourth-order valence-corrected chi connectivity index (χ4v) is 4.01. The van der Waals surface area contributed by atoms with Crippen LogP contribution in [0.2, 0.25) is 0 Å². The summed E-state index contributed by atoms with van der Waals surface area (Å²) >= 11 is 0. The predicted molar refractivity (Wildman–Crippen MR) is 111 cm³/mol. The Hall–Kier alpha value is -3.22. The minimum Gasteiger partial charge on any atom is -0.497 e. The monoisotopic (exact) mass is 395 g/mol. The van der Waals surface area contributed by atoms with Gasteiger partial charge in [-0.3, -0.25) is 9.59 Å². The number of carbonyl (C=O) groups excluding carboxylic acids is 2. The first-order chi connectivity index (χ1) is 14.1. The first-order valence-electron chi connectivity index (χ1n) is 9.81. The zero-order valence-electron chi connectivity index (χ0n) is 16.7. The summed E-state index contributed by atoms with van der Waals surface area (Å²) in [6.45, 7) is 1.19. The fourth-order valence-electron chi connectivity index (χ4n) is 4.01. The smallest absolute Gasteiger partial charge is 0.251 e. The maximum absolute atomic E-state index is 12.7. The molecule has 29 heavy (non-hydrogen) atoms. The lowest BCUT2D eigenvalue weighted by atomic mass is 9.97.